The third-order valence-electron chi connectivity index (χ3n) is 3.68. The van der Waals surface area contributed by atoms with E-state index in [0.717, 1.165) is 11.4 Å². The standard InChI is InChI=1S/C15H17N7O/c1-11(22-10-17-19-20-22)15(23)18-13(12-6-4-3-5-7-12)14-16-8-9-21(14)2/h3-11,13H,1-2H3,(H,18,23)/t11-,13+/m0/s1. The van der Waals surface area contributed by atoms with Crippen LogP contribution in [0, 0.1) is 0 Å². The van der Waals surface area contributed by atoms with Crippen molar-refractivity contribution in [3.8, 4) is 0 Å². The maximum Gasteiger partial charge on any atom is 0.245 e. The Morgan fingerprint density at radius 1 is 1.26 bits per heavy atom. The molecule has 8 nitrogen and oxygen atoms in total. The Balaban J connectivity index is 1.88. The first-order chi connectivity index (χ1) is 11.2. The van der Waals surface area contributed by atoms with Gasteiger partial charge in [0.25, 0.3) is 0 Å². The molecule has 23 heavy (non-hydrogen) atoms. The molecule has 0 aliphatic heterocycles. The highest BCUT2D eigenvalue weighted by molar-refractivity contribution is 5.80. The van der Waals surface area contributed by atoms with E-state index >= 15 is 0 Å². The summed E-state index contributed by atoms with van der Waals surface area (Å²) >= 11 is 0. The van der Waals surface area contributed by atoms with Gasteiger partial charge in [-0.25, -0.2) is 9.67 Å². The lowest BCUT2D eigenvalue weighted by Crippen LogP contribution is -2.36. The second kappa shape index (κ2) is 6.39. The van der Waals surface area contributed by atoms with Crippen LogP contribution in [0.3, 0.4) is 0 Å². The van der Waals surface area contributed by atoms with Crippen LogP contribution in [0.15, 0.2) is 49.1 Å². The molecule has 2 heterocycles. The Morgan fingerprint density at radius 3 is 2.65 bits per heavy atom. The molecule has 3 aromatic rings. The molecule has 0 spiro atoms. The number of nitrogens with one attached hydrogen (secondary N) is 1. The highest BCUT2D eigenvalue weighted by Gasteiger charge is 2.24. The zero-order valence-corrected chi connectivity index (χ0v) is 12.9. The van der Waals surface area contributed by atoms with E-state index in [1.807, 2.05) is 48.1 Å². The lowest BCUT2D eigenvalue weighted by Gasteiger charge is -2.21. The predicted octanol–water partition coefficient (Wildman–Crippen LogP) is 0.873. The molecule has 1 N–H and O–H groups in total. The Bertz CT molecular complexity index is 766. The molecular formula is C15H17N7O. The van der Waals surface area contributed by atoms with Gasteiger partial charge in [-0.1, -0.05) is 30.3 Å². The first kappa shape index (κ1) is 14.9. The maximum absolute atomic E-state index is 12.6. The second-order valence-electron chi connectivity index (χ2n) is 5.21. The summed E-state index contributed by atoms with van der Waals surface area (Å²) in [4.78, 5) is 16.9. The number of aromatic nitrogens is 6. The van der Waals surface area contributed by atoms with Crippen LogP contribution in [-0.2, 0) is 11.8 Å². The molecule has 0 unspecified atom stereocenters. The molecule has 0 saturated heterocycles. The fraction of sp³-hybridized carbons (Fsp3) is 0.267. The van der Waals surface area contributed by atoms with Crippen LogP contribution >= 0.6 is 0 Å². The second-order valence-corrected chi connectivity index (χ2v) is 5.21. The van der Waals surface area contributed by atoms with Gasteiger partial charge in [0.1, 0.15) is 24.2 Å². The van der Waals surface area contributed by atoms with Gasteiger partial charge in [-0.2, -0.15) is 0 Å². The van der Waals surface area contributed by atoms with Crippen LogP contribution in [0.25, 0.3) is 0 Å². The Labute approximate surface area is 133 Å². The highest BCUT2D eigenvalue weighted by atomic mass is 16.2. The number of carbonyl (C=O) groups is 1. The summed E-state index contributed by atoms with van der Waals surface area (Å²) < 4.78 is 3.30. The van der Waals surface area contributed by atoms with E-state index < -0.39 is 6.04 Å². The average Bonchev–Trinajstić information content (AvgIpc) is 3.24. The smallest absolute Gasteiger partial charge is 0.245 e. The van der Waals surface area contributed by atoms with Crippen molar-refractivity contribution in [2.45, 2.75) is 19.0 Å². The van der Waals surface area contributed by atoms with Crippen LogP contribution in [-0.4, -0.2) is 35.7 Å². The largest absolute Gasteiger partial charge is 0.340 e. The summed E-state index contributed by atoms with van der Waals surface area (Å²) in [7, 11) is 1.90. The van der Waals surface area contributed by atoms with Gasteiger partial charge in [-0.15, -0.1) is 5.10 Å². The lowest BCUT2D eigenvalue weighted by molar-refractivity contribution is -0.124. The van der Waals surface area contributed by atoms with Crippen LogP contribution in [0.4, 0.5) is 0 Å². The molecular weight excluding hydrogens is 294 g/mol. The first-order valence-corrected chi connectivity index (χ1v) is 7.22. The molecule has 0 saturated carbocycles. The number of rotatable bonds is 5. The van der Waals surface area contributed by atoms with Gasteiger partial charge in [-0.3, -0.25) is 4.79 Å². The van der Waals surface area contributed by atoms with E-state index in [0.29, 0.717) is 0 Å². The van der Waals surface area contributed by atoms with Crippen LogP contribution in [0.2, 0.25) is 0 Å². The average molecular weight is 311 g/mol. The molecule has 1 aromatic carbocycles. The Morgan fingerprint density at radius 2 is 2.04 bits per heavy atom. The van der Waals surface area contributed by atoms with E-state index in [9.17, 15) is 4.79 Å². The van der Waals surface area contributed by atoms with Crippen molar-refractivity contribution >= 4 is 5.91 Å². The molecule has 0 aliphatic carbocycles. The molecule has 0 bridgehead atoms. The van der Waals surface area contributed by atoms with Crippen molar-refractivity contribution in [3.63, 3.8) is 0 Å². The van der Waals surface area contributed by atoms with Crippen molar-refractivity contribution in [1.29, 1.82) is 0 Å². The number of hydrogen-bond acceptors (Lipinski definition) is 5. The zero-order valence-electron chi connectivity index (χ0n) is 12.9. The maximum atomic E-state index is 12.6. The number of aryl methyl sites for hydroxylation is 1. The van der Waals surface area contributed by atoms with E-state index in [2.05, 4.69) is 25.8 Å². The molecule has 0 radical (unpaired) electrons. The third-order valence-corrected chi connectivity index (χ3v) is 3.68. The number of carbonyl (C=O) groups excluding carboxylic acids is 1. The quantitative estimate of drug-likeness (QED) is 0.755. The Hall–Kier alpha value is -3.03. The normalized spacial score (nSPS) is 13.5. The lowest BCUT2D eigenvalue weighted by atomic mass is 10.1. The van der Waals surface area contributed by atoms with E-state index in [4.69, 9.17) is 0 Å². The van der Waals surface area contributed by atoms with E-state index in [1.165, 1.54) is 11.0 Å². The molecule has 0 fully saturated rings. The third kappa shape index (κ3) is 3.10. The van der Waals surface area contributed by atoms with Crippen LogP contribution in [0.1, 0.15) is 30.4 Å². The summed E-state index contributed by atoms with van der Waals surface area (Å²) in [5.41, 5.74) is 0.957. The predicted molar refractivity (Wildman–Crippen MR) is 82.2 cm³/mol. The van der Waals surface area contributed by atoms with Crippen molar-refractivity contribution in [2.24, 2.45) is 7.05 Å². The molecule has 118 valence electrons. The summed E-state index contributed by atoms with van der Waals surface area (Å²) in [6.07, 6.45) is 4.98. The minimum Gasteiger partial charge on any atom is -0.340 e. The molecule has 0 aliphatic rings. The monoisotopic (exact) mass is 311 g/mol. The van der Waals surface area contributed by atoms with Gasteiger partial charge >= 0.3 is 0 Å². The molecule has 2 aromatic heterocycles. The molecule has 1 amide bonds. The minimum atomic E-state index is -0.517. The first-order valence-electron chi connectivity index (χ1n) is 7.22. The van der Waals surface area contributed by atoms with Gasteiger partial charge in [-0.05, 0) is 22.9 Å². The van der Waals surface area contributed by atoms with Crippen molar-refractivity contribution in [3.05, 3.63) is 60.4 Å². The van der Waals surface area contributed by atoms with Gasteiger partial charge < -0.3 is 9.88 Å². The highest BCUT2D eigenvalue weighted by Crippen LogP contribution is 2.21. The van der Waals surface area contributed by atoms with E-state index in [-0.39, 0.29) is 11.9 Å². The van der Waals surface area contributed by atoms with Gasteiger partial charge in [0, 0.05) is 19.4 Å². The molecule has 3 rings (SSSR count). The SMILES string of the molecule is C[C@@H](C(=O)N[C@H](c1ccccc1)c1nccn1C)n1cnnn1. The number of hydrogen-bond donors (Lipinski definition) is 1. The van der Waals surface area contributed by atoms with Gasteiger partial charge in [0.2, 0.25) is 5.91 Å². The summed E-state index contributed by atoms with van der Waals surface area (Å²) in [6, 6.07) is 8.86. The number of tetrazole rings is 1. The van der Waals surface area contributed by atoms with Gasteiger partial charge in [0.15, 0.2) is 0 Å². The summed E-state index contributed by atoms with van der Waals surface area (Å²) in [5, 5.41) is 13.9. The minimum absolute atomic E-state index is 0.186. The van der Waals surface area contributed by atoms with Crippen LogP contribution < -0.4 is 5.32 Å². The van der Waals surface area contributed by atoms with Crippen molar-refractivity contribution < 1.29 is 4.79 Å². The fourth-order valence-corrected chi connectivity index (χ4v) is 2.33. The van der Waals surface area contributed by atoms with Crippen LogP contribution in [0.5, 0.6) is 0 Å². The zero-order chi connectivity index (χ0) is 16.2. The molecule has 2 atom stereocenters. The fourth-order valence-electron chi connectivity index (χ4n) is 2.33. The molecule has 8 heteroatoms. The van der Waals surface area contributed by atoms with Crippen molar-refractivity contribution in [1.82, 2.24) is 35.1 Å². The number of imidazole rings is 1. The summed E-state index contributed by atoms with van der Waals surface area (Å²) in [5.74, 6) is 0.572. The number of nitrogens with zero attached hydrogens (tertiary/aromatic N) is 6. The number of benzene rings is 1. The van der Waals surface area contributed by atoms with Crippen molar-refractivity contribution in [2.75, 3.05) is 0 Å². The topological polar surface area (TPSA) is 90.5 Å². The van der Waals surface area contributed by atoms with E-state index in [1.54, 1.807) is 13.1 Å². The Kier molecular flexibility index (Phi) is 4.13. The number of amides is 1. The summed E-state index contributed by atoms with van der Waals surface area (Å²) in [6.45, 7) is 1.74. The van der Waals surface area contributed by atoms with Gasteiger partial charge in [0.05, 0.1) is 0 Å².